The van der Waals surface area contributed by atoms with Crippen molar-refractivity contribution in [2.24, 2.45) is 0 Å². The third-order valence-electron chi connectivity index (χ3n) is 3.35. The van der Waals surface area contributed by atoms with E-state index < -0.39 is 0 Å². The van der Waals surface area contributed by atoms with Crippen LogP contribution in [-0.4, -0.2) is 4.86 Å². The van der Waals surface area contributed by atoms with Crippen LogP contribution in [0.3, 0.4) is 0 Å². The third kappa shape index (κ3) is 1.61. The van der Waals surface area contributed by atoms with Crippen molar-refractivity contribution >= 4 is 17.1 Å². The highest BCUT2D eigenvalue weighted by Gasteiger charge is 2.12. The molecule has 14 heavy (non-hydrogen) atoms. The maximum atomic E-state index is 5.30. The van der Waals surface area contributed by atoms with E-state index in [2.05, 4.69) is 34.6 Å². The highest BCUT2D eigenvalue weighted by molar-refractivity contribution is 7.80. The van der Waals surface area contributed by atoms with E-state index in [1.54, 1.807) is 0 Å². The zero-order valence-corrected chi connectivity index (χ0v) is 10.7. The summed E-state index contributed by atoms with van der Waals surface area (Å²) < 4.78 is 0. The summed E-state index contributed by atoms with van der Waals surface area (Å²) >= 11 is 5.30. The first kappa shape index (κ1) is 11.4. The maximum absolute atomic E-state index is 5.30. The van der Waals surface area contributed by atoms with Crippen molar-refractivity contribution < 1.29 is 0 Å². The first-order valence-electron chi connectivity index (χ1n) is 4.95. The molecule has 0 saturated heterocycles. The van der Waals surface area contributed by atoms with Crippen LogP contribution in [-0.2, 0) is 0 Å². The lowest BCUT2D eigenvalue weighted by atomic mass is 9.88. The molecular weight excluding hydrogens is 188 g/mol. The molecule has 0 saturated carbocycles. The normalized spacial score (nSPS) is 10.4. The van der Waals surface area contributed by atoms with Crippen LogP contribution in [0.5, 0.6) is 0 Å². The summed E-state index contributed by atoms with van der Waals surface area (Å²) in [4.78, 5) is 1.01. The topological polar surface area (TPSA) is 0 Å². The zero-order chi connectivity index (χ0) is 11.0. The Hall–Kier alpha value is -0.690. The van der Waals surface area contributed by atoms with E-state index in [4.69, 9.17) is 12.2 Å². The number of thiocarbonyl (C=S) groups is 1. The van der Waals surface area contributed by atoms with Crippen LogP contribution in [0.15, 0.2) is 0 Å². The standard InChI is InChI=1S/C13H18S/c1-7-8(2)10(4)13(12(6)14)11(5)9(7)3/h1-6H3. The van der Waals surface area contributed by atoms with Crippen LogP contribution >= 0.6 is 12.2 Å². The van der Waals surface area contributed by atoms with Gasteiger partial charge in [0.1, 0.15) is 0 Å². The van der Waals surface area contributed by atoms with E-state index >= 15 is 0 Å². The molecular formula is C13H18S. The van der Waals surface area contributed by atoms with E-state index in [0.29, 0.717) is 0 Å². The molecule has 0 aromatic heterocycles. The predicted octanol–water partition coefficient (Wildman–Crippen LogP) is 3.97. The van der Waals surface area contributed by atoms with Gasteiger partial charge in [0.25, 0.3) is 0 Å². The summed E-state index contributed by atoms with van der Waals surface area (Å²) in [7, 11) is 0. The monoisotopic (exact) mass is 206 g/mol. The molecule has 0 heterocycles. The molecule has 0 N–H and O–H groups in total. The van der Waals surface area contributed by atoms with E-state index in [-0.39, 0.29) is 0 Å². The molecule has 0 unspecified atom stereocenters. The second kappa shape index (κ2) is 3.82. The molecule has 76 valence electrons. The highest BCUT2D eigenvalue weighted by atomic mass is 32.1. The van der Waals surface area contributed by atoms with Crippen LogP contribution in [0.4, 0.5) is 0 Å². The summed E-state index contributed by atoms with van der Waals surface area (Å²) in [6.45, 7) is 12.9. The molecule has 1 aromatic carbocycles. The number of hydrogen-bond acceptors (Lipinski definition) is 1. The molecule has 1 aromatic rings. The number of rotatable bonds is 1. The molecule has 1 rings (SSSR count). The van der Waals surface area contributed by atoms with Gasteiger partial charge in [-0.2, -0.15) is 0 Å². The molecule has 0 radical (unpaired) electrons. The van der Waals surface area contributed by atoms with E-state index in [1.165, 1.54) is 33.4 Å². The van der Waals surface area contributed by atoms with Crippen LogP contribution in [0.2, 0.25) is 0 Å². The second-order valence-electron chi connectivity index (χ2n) is 4.06. The van der Waals surface area contributed by atoms with Crippen molar-refractivity contribution in [1.29, 1.82) is 0 Å². The van der Waals surface area contributed by atoms with Crippen molar-refractivity contribution in [2.75, 3.05) is 0 Å². The molecule has 0 aliphatic carbocycles. The van der Waals surface area contributed by atoms with E-state index in [9.17, 15) is 0 Å². The summed E-state index contributed by atoms with van der Waals surface area (Å²) in [5.41, 5.74) is 8.14. The number of hydrogen-bond donors (Lipinski definition) is 0. The molecule has 0 bridgehead atoms. The van der Waals surface area contributed by atoms with Crippen LogP contribution < -0.4 is 0 Å². The van der Waals surface area contributed by atoms with Gasteiger partial charge < -0.3 is 0 Å². The van der Waals surface area contributed by atoms with Crippen molar-refractivity contribution in [1.82, 2.24) is 0 Å². The Morgan fingerprint density at radius 3 is 1.29 bits per heavy atom. The largest absolute Gasteiger partial charge is 0.0846 e. The minimum Gasteiger partial charge on any atom is -0.0846 e. The van der Waals surface area contributed by atoms with Crippen LogP contribution in [0, 0.1) is 34.6 Å². The molecule has 0 atom stereocenters. The van der Waals surface area contributed by atoms with Gasteiger partial charge in [-0.1, -0.05) is 12.2 Å². The lowest BCUT2D eigenvalue weighted by Crippen LogP contribution is -2.05. The van der Waals surface area contributed by atoms with E-state index in [1.807, 2.05) is 6.92 Å². The average molecular weight is 206 g/mol. The average Bonchev–Trinajstić information content (AvgIpc) is 2.11. The van der Waals surface area contributed by atoms with Gasteiger partial charge in [0, 0.05) is 4.86 Å². The molecule has 0 spiro atoms. The molecule has 0 aliphatic heterocycles. The molecule has 0 fully saturated rings. The van der Waals surface area contributed by atoms with Gasteiger partial charge in [0.05, 0.1) is 0 Å². The third-order valence-corrected chi connectivity index (χ3v) is 3.56. The van der Waals surface area contributed by atoms with Crippen molar-refractivity contribution in [2.45, 2.75) is 41.5 Å². The van der Waals surface area contributed by atoms with Crippen molar-refractivity contribution in [3.8, 4) is 0 Å². The van der Waals surface area contributed by atoms with Crippen LogP contribution in [0.25, 0.3) is 0 Å². The van der Waals surface area contributed by atoms with Gasteiger partial charge in [0.15, 0.2) is 0 Å². The first-order valence-corrected chi connectivity index (χ1v) is 5.36. The fourth-order valence-corrected chi connectivity index (χ4v) is 2.33. The Balaban J connectivity index is 3.68. The SMILES string of the molecule is CC(=S)c1c(C)c(C)c(C)c(C)c1C. The Morgan fingerprint density at radius 2 is 1.00 bits per heavy atom. The Morgan fingerprint density at radius 1 is 0.714 bits per heavy atom. The van der Waals surface area contributed by atoms with Gasteiger partial charge in [-0.25, -0.2) is 0 Å². The summed E-state index contributed by atoms with van der Waals surface area (Å²) in [6, 6.07) is 0. The van der Waals surface area contributed by atoms with Gasteiger partial charge in [-0.15, -0.1) is 0 Å². The van der Waals surface area contributed by atoms with Crippen LogP contribution in [0.1, 0.15) is 40.3 Å². The highest BCUT2D eigenvalue weighted by Crippen LogP contribution is 2.26. The summed E-state index contributed by atoms with van der Waals surface area (Å²) in [6.07, 6.45) is 0. The van der Waals surface area contributed by atoms with E-state index in [0.717, 1.165) is 4.86 Å². The summed E-state index contributed by atoms with van der Waals surface area (Å²) in [5.74, 6) is 0. The Bertz CT molecular complexity index is 371. The van der Waals surface area contributed by atoms with Gasteiger partial charge in [-0.3, -0.25) is 0 Å². The minimum absolute atomic E-state index is 1.01. The quantitative estimate of drug-likeness (QED) is 0.495. The molecule has 1 heteroatoms. The lowest BCUT2D eigenvalue weighted by Gasteiger charge is -2.17. The molecule has 0 aliphatic rings. The van der Waals surface area contributed by atoms with Crippen molar-refractivity contribution in [3.05, 3.63) is 33.4 Å². The minimum atomic E-state index is 1.01. The second-order valence-corrected chi connectivity index (χ2v) is 4.67. The molecule has 0 amide bonds. The van der Waals surface area contributed by atoms with Crippen molar-refractivity contribution in [3.63, 3.8) is 0 Å². The van der Waals surface area contributed by atoms with Gasteiger partial charge in [-0.05, 0) is 74.9 Å². The fourth-order valence-electron chi connectivity index (χ4n) is 2.03. The fraction of sp³-hybridized carbons (Fsp3) is 0.462. The number of benzene rings is 1. The van der Waals surface area contributed by atoms with Gasteiger partial charge >= 0.3 is 0 Å². The first-order chi connectivity index (χ1) is 6.37. The summed E-state index contributed by atoms with van der Waals surface area (Å²) in [5, 5.41) is 0. The predicted molar refractivity (Wildman–Crippen MR) is 67.5 cm³/mol. The zero-order valence-electron chi connectivity index (χ0n) is 9.91. The lowest BCUT2D eigenvalue weighted by molar-refractivity contribution is 1.17. The Labute approximate surface area is 92.3 Å². The molecule has 0 nitrogen and oxygen atoms in total. The van der Waals surface area contributed by atoms with Gasteiger partial charge in [0.2, 0.25) is 0 Å². The maximum Gasteiger partial charge on any atom is 0.0199 e. The smallest absolute Gasteiger partial charge is 0.0199 e. The Kier molecular flexibility index (Phi) is 3.10.